The molecule has 2 aromatic heterocycles. The molecule has 0 unspecified atom stereocenters. The van der Waals surface area contributed by atoms with Gasteiger partial charge in [0.05, 0.1) is 30.3 Å². The molecule has 0 amide bonds. The Labute approximate surface area is 219 Å². The maximum Gasteiger partial charge on any atom is 0.307 e. The van der Waals surface area contributed by atoms with E-state index in [0.29, 0.717) is 6.61 Å². The van der Waals surface area contributed by atoms with Gasteiger partial charge in [0.2, 0.25) is 0 Å². The predicted octanol–water partition coefficient (Wildman–Crippen LogP) is 6.48. The smallest absolute Gasteiger partial charge is 0.307 e. The Hall–Kier alpha value is -4.71. The molecule has 1 aliphatic rings. The number of nitrogens with zero attached hydrogens (tertiary/aromatic N) is 3. The summed E-state index contributed by atoms with van der Waals surface area (Å²) in [4.78, 5) is 16.8. The van der Waals surface area contributed by atoms with Crippen LogP contribution in [0.25, 0.3) is 54.8 Å². The minimum absolute atomic E-state index is 0.0596. The number of pyridine rings is 1. The second kappa shape index (κ2) is 8.42. The van der Waals surface area contributed by atoms with E-state index in [1.54, 1.807) is 0 Å². The fraction of sp³-hybridized carbons (Fsp3) is 0.156. The van der Waals surface area contributed by atoms with Gasteiger partial charge < -0.3 is 9.84 Å². The highest BCUT2D eigenvalue weighted by atomic mass is 16.5. The number of ether oxygens (including phenoxy) is 1. The quantitative estimate of drug-likeness (QED) is 0.300. The highest BCUT2D eigenvalue weighted by Gasteiger charge is 2.22. The van der Waals surface area contributed by atoms with Crippen molar-refractivity contribution < 1.29 is 14.6 Å². The topological polar surface area (TPSA) is 77.2 Å². The number of hydrogen-bond acceptors (Lipinski definition) is 4. The predicted molar refractivity (Wildman–Crippen MR) is 150 cm³/mol. The van der Waals surface area contributed by atoms with E-state index in [0.717, 1.165) is 78.1 Å². The van der Waals surface area contributed by atoms with Gasteiger partial charge in [-0.25, -0.2) is 0 Å². The first-order valence-corrected chi connectivity index (χ1v) is 12.7. The number of carbonyl (C=O) groups is 1. The molecule has 38 heavy (non-hydrogen) atoms. The van der Waals surface area contributed by atoms with E-state index in [-0.39, 0.29) is 6.42 Å². The van der Waals surface area contributed by atoms with Crippen LogP contribution in [-0.4, -0.2) is 32.4 Å². The largest absolute Gasteiger partial charge is 0.493 e. The van der Waals surface area contributed by atoms with Gasteiger partial charge in [0.15, 0.2) is 0 Å². The zero-order valence-electron chi connectivity index (χ0n) is 21.2. The summed E-state index contributed by atoms with van der Waals surface area (Å²) in [5.74, 6) is -0.0166. The molecule has 6 aromatic rings. The van der Waals surface area contributed by atoms with Crippen molar-refractivity contribution in [1.29, 1.82) is 0 Å². The minimum Gasteiger partial charge on any atom is -0.493 e. The van der Waals surface area contributed by atoms with Crippen molar-refractivity contribution in [2.45, 2.75) is 19.8 Å². The highest BCUT2D eigenvalue weighted by molar-refractivity contribution is 6.09. The van der Waals surface area contributed by atoms with E-state index in [2.05, 4.69) is 53.6 Å². The normalized spacial score (nSPS) is 12.8. The van der Waals surface area contributed by atoms with Crippen molar-refractivity contribution in [3.8, 4) is 28.0 Å². The summed E-state index contributed by atoms with van der Waals surface area (Å²) in [6, 6.07) is 21.0. The fourth-order valence-corrected chi connectivity index (χ4v) is 5.90. The summed E-state index contributed by atoms with van der Waals surface area (Å²) >= 11 is 0. The maximum absolute atomic E-state index is 12.0. The molecule has 6 nitrogen and oxygen atoms in total. The van der Waals surface area contributed by atoms with Gasteiger partial charge in [0.1, 0.15) is 5.75 Å². The van der Waals surface area contributed by atoms with Gasteiger partial charge in [0, 0.05) is 36.0 Å². The van der Waals surface area contributed by atoms with Crippen LogP contribution in [-0.2, 0) is 24.7 Å². The number of aryl methyl sites for hydroxylation is 2. The number of carboxylic acids is 1. The molecule has 3 heterocycles. The average Bonchev–Trinajstić information content (AvgIpc) is 3.29. The average molecular weight is 500 g/mol. The Kier molecular flexibility index (Phi) is 4.98. The monoisotopic (exact) mass is 499 g/mol. The Morgan fingerprint density at radius 2 is 1.84 bits per heavy atom. The lowest BCUT2D eigenvalue weighted by molar-refractivity contribution is -0.136. The van der Waals surface area contributed by atoms with E-state index in [1.807, 2.05) is 43.2 Å². The third kappa shape index (κ3) is 3.44. The van der Waals surface area contributed by atoms with Crippen molar-refractivity contribution in [2.75, 3.05) is 6.61 Å². The molecular weight excluding hydrogens is 474 g/mol. The molecule has 4 aromatic carbocycles. The Bertz CT molecular complexity index is 1930. The van der Waals surface area contributed by atoms with Crippen LogP contribution in [0.3, 0.4) is 0 Å². The molecule has 0 bridgehead atoms. The Balaban J connectivity index is 1.49. The third-order valence-electron chi connectivity index (χ3n) is 7.72. The number of hydrogen-bond donors (Lipinski definition) is 1. The van der Waals surface area contributed by atoms with E-state index >= 15 is 0 Å². The van der Waals surface area contributed by atoms with Crippen molar-refractivity contribution in [3.63, 3.8) is 0 Å². The molecule has 6 heteroatoms. The summed E-state index contributed by atoms with van der Waals surface area (Å²) in [7, 11) is 1.94. The van der Waals surface area contributed by atoms with E-state index in [1.165, 1.54) is 5.56 Å². The second-order valence-corrected chi connectivity index (χ2v) is 10.00. The van der Waals surface area contributed by atoms with Crippen LogP contribution in [0.4, 0.5) is 0 Å². The number of carboxylic acid groups (broad SMARTS) is 1. The van der Waals surface area contributed by atoms with Crippen LogP contribution in [0.1, 0.15) is 16.7 Å². The Morgan fingerprint density at radius 3 is 2.68 bits per heavy atom. The molecule has 0 spiro atoms. The van der Waals surface area contributed by atoms with Gasteiger partial charge in [-0.3, -0.25) is 14.5 Å². The lowest BCUT2D eigenvalue weighted by atomic mass is 9.86. The first-order valence-electron chi connectivity index (χ1n) is 12.7. The zero-order chi connectivity index (χ0) is 26.0. The number of aromatic nitrogens is 3. The van der Waals surface area contributed by atoms with Crippen LogP contribution in [0.2, 0.25) is 0 Å². The SMILES string of the molecule is Cc1cc2cc(-c3ccc4c(cnn4C)c3)ccc2c(-c2ccc3c4c(ccnc24)CCO3)c1CC(=O)O. The van der Waals surface area contributed by atoms with Crippen LogP contribution in [0.15, 0.2) is 73.1 Å². The molecule has 0 fully saturated rings. The van der Waals surface area contributed by atoms with Gasteiger partial charge in [-0.15, -0.1) is 0 Å². The van der Waals surface area contributed by atoms with Crippen LogP contribution >= 0.6 is 0 Å². The van der Waals surface area contributed by atoms with E-state index in [9.17, 15) is 9.90 Å². The summed E-state index contributed by atoms with van der Waals surface area (Å²) in [6.45, 7) is 2.65. The number of fused-ring (bicyclic) bond motifs is 2. The highest BCUT2D eigenvalue weighted by Crippen LogP contribution is 2.43. The Morgan fingerprint density at radius 1 is 1.03 bits per heavy atom. The summed E-state index contributed by atoms with van der Waals surface area (Å²) < 4.78 is 7.82. The van der Waals surface area contributed by atoms with Crippen LogP contribution in [0.5, 0.6) is 5.75 Å². The van der Waals surface area contributed by atoms with E-state index in [4.69, 9.17) is 9.72 Å². The van der Waals surface area contributed by atoms with Crippen molar-refractivity contribution in [3.05, 3.63) is 89.7 Å². The van der Waals surface area contributed by atoms with Gasteiger partial charge in [-0.05, 0) is 87.5 Å². The fourth-order valence-electron chi connectivity index (χ4n) is 5.90. The first-order chi connectivity index (χ1) is 18.5. The molecule has 1 N–H and O–H groups in total. The van der Waals surface area contributed by atoms with Crippen LogP contribution < -0.4 is 4.74 Å². The standard InChI is InChI=1S/C32H25N3O3/c1-18-13-22-14-20(21-4-7-27-23(15-21)17-34-35(27)2)3-5-24(22)31(26(18)16-29(36)37)25-6-8-28-30-19(10-12-38-28)9-11-33-32(25)30/h3-9,11,13-15,17H,10,12,16H2,1-2H3,(H,36,37). The van der Waals surface area contributed by atoms with Gasteiger partial charge >= 0.3 is 5.97 Å². The molecule has 0 radical (unpaired) electrons. The molecule has 186 valence electrons. The molecule has 0 atom stereocenters. The molecule has 0 aliphatic carbocycles. The number of benzene rings is 4. The van der Waals surface area contributed by atoms with Gasteiger partial charge in [-0.1, -0.05) is 24.3 Å². The lowest BCUT2D eigenvalue weighted by Gasteiger charge is -2.22. The molecule has 0 saturated heterocycles. The number of rotatable bonds is 4. The van der Waals surface area contributed by atoms with Crippen molar-refractivity contribution >= 4 is 38.5 Å². The summed E-state index contributed by atoms with van der Waals surface area (Å²) in [5.41, 5.74) is 8.99. The van der Waals surface area contributed by atoms with E-state index < -0.39 is 5.97 Å². The van der Waals surface area contributed by atoms with Crippen LogP contribution in [0, 0.1) is 6.92 Å². The lowest BCUT2D eigenvalue weighted by Crippen LogP contribution is -2.10. The molecule has 0 saturated carbocycles. The third-order valence-corrected chi connectivity index (χ3v) is 7.72. The molecule has 1 aliphatic heterocycles. The first kappa shape index (κ1) is 22.5. The molecular formula is C32H25N3O3. The van der Waals surface area contributed by atoms with Crippen molar-refractivity contribution in [2.24, 2.45) is 7.05 Å². The summed E-state index contributed by atoms with van der Waals surface area (Å²) in [5, 5.41) is 18.4. The minimum atomic E-state index is -0.853. The summed E-state index contributed by atoms with van der Waals surface area (Å²) in [6.07, 6.45) is 4.50. The second-order valence-electron chi connectivity index (χ2n) is 10.00. The zero-order valence-corrected chi connectivity index (χ0v) is 21.2. The molecule has 7 rings (SSSR count). The van der Waals surface area contributed by atoms with Crippen molar-refractivity contribution in [1.82, 2.24) is 14.8 Å². The van der Waals surface area contributed by atoms with Gasteiger partial charge in [0.25, 0.3) is 0 Å². The maximum atomic E-state index is 12.0. The number of aliphatic carboxylic acids is 1. The van der Waals surface area contributed by atoms with Gasteiger partial charge in [-0.2, -0.15) is 5.10 Å².